The van der Waals surface area contributed by atoms with E-state index >= 15 is 0 Å². The Morgan fingerprint density at radius 2 is 1.93 bits per heavy atom. The molecule has 0 aliphatic rings. The van der Waals surface area contributed by atoms with E-state index in [-0.39, 0.29) is 26.2 Å². The van der Waals surface area contributed by atoms with Crippen LogP contribution in [0.1, 0.15) is 9.67 Å². The van der Waals surface area contributed by atoms with Gasteiger partial charge in [-0.15, -0.1) is 11.3 Å². The molecule has 1 aromatic heterocycles. The van der Waals surface area contributed by atoms with Crippen LogP contribution in [0.5, 0.6) is 5.75 Å². The second kappa shape index (κ2) is 7.67. The maximum Gasteiger partial charge on any atom is 0.267 e. The lowest BCUT2D eigenvalue weighted by Crippen LogP contribution is -2.22. The average Bonchev–Trinajstić information content (AvgIpc) is 2.97. The van der Waals surface area contributed by atoms with E-state index in [4.69, 9.17) is 16.3 Å². The third-order valence-electron chi connectivity index (χ3n) is 4.00. The number of fused-ring (bicyclic) bond motifs is 1. The number of carbonyl (C=O) groups excluding carboxylic acids is 1. The monoisotopic (exact) mass is 442 g/mol. The molecule has 0 aliphatic carbocycles. The van der Waals surface area contributed by atoms with Crippen LogP contribution in [-0.4, -0.2) is 39.8 Å². The molecule has 0 saturated heterocycles. The Bertz CT molecular complexity index is 1180. The molecule has 1 N–H and O–H groups in total. The number of rotatable bonds is 5. The van der Waals surface area contributed by atoms with Gasteiger partial charge in [-0.3, -0.25) is 4.79 Å². The van der Waals surface area contributed by atoms with Gasteiger partial charge >= 0.3 is 0 Å². The molecule has 1 amide bonds. The minimum Gasteiger partial charge on any atom is -0.495 e. The lowest BCUT2D eigenvalue weighted by Gasteiger charge is -2.15. The van der Waals surface area contributed by atoms with E-state index < -0.39 is 21.7 Å². The summed E-state index contributed by atoms with van der Waals surface area (Å²) in [5, 5.41) is 3.40. The van der Waals surface area contributed by atoms with Crippen LogP contribution in [0, 0.1) is 5.82 Å². The molecule has 0 unspecified atom stereocenters. The van der Waals surface area contributed by atoms with Gasteiger partial charge in [0.1, 0.15) is 16.4 Å². The van der Waals surface area contributed by atoms with Gasteiger partial charge in [0.2, 0.25) is 10.0 Å². The molecule has 0 spiro atoms. The number of carbonyl (C=O) groups is 1. The summed E-state index contributed by atoms with van der Waals surface area (Å²) < 4.78 is 45.0. The van der Waals surface area contributed by atoms with E-state index in [0.717, 1.165) is 15.6 Å². The Morgan fingerprint density at radius 1 is 1.21 bits per heavy atom. The van der Waals surface area contributed by atoms with Gasteiger partial charge in [-0.1, -0.05) is 11.6 Å². The quantitative estimate of drug-likeness (QED) is 0.642. The van der Waals surface area contributed by atoms with E-state index in [0.29, 0.717) is 10.1 Å². The number of nitrogens with zero attached hydrogens (tertiary/aromatic N) is 1. The van der Waals surface area contributed by atoms with Crippen LogP contribution in [-0.2, 0) is 10.0 Å². The first-order chi connectivity index (χ1) is 13.1. The highest BCUT2D eigenvalue weighted by Crippen LogP contribution is 2.37. The predicted molar refractivity (Wildman–Crippen MR) is 109 cm³/mol. The first kappa shape index (κ1) is 20.5. The first-order valence-corrected chi connectivity index (χ1v) is 10.6. The molecule has 3 aromatic rings. The second-order valence-electron chi connectivity index (χ2n) is 5.99. The Kier molecular flexibility index (Phi) is 5.62. The number of methoxy groups -OCH3 is 1. The summed E-state index contributed by atoms with van der Waals surface area (Å²) in [5.41, 5.74) is 0.176. The van der Waals surface area contributed by atoms with Crippen molar-refractivity contribution >= 4 is 54.6 Å². The smallest absolute Gasteiger partial charge is 0.267 e. The van der Waals surface area contributed by atoms with E-state index in [2.05, 4.69) is 5.32 Å². The number of anilines is 1. The Labute approximate surface area is 170 Å². The first-order valence-electron chi connectivity index (χ1n) is 7.94. The fourth-order valence-electron chi connectivity index (χ4n) is 2.52. The zero-order chi connectivity index (χ0) is 20.6. The van der Waals surface area contributed by atoms with Crippen molar-refractivity contribution < 1.29 is 22.3 Å². The standard InChI is InChI=1S/C18H16ClFN2O4S2/c1-22(2)28(24,25)11-5-7-14(26-3)13(9-11)21-18(23)17-16(19)12-6-4-10(20)8-15(12)27-17/h4-9H,1-3H3,(H,21,23). The molecule has 6 nitrogen and oxygen atoms in total. The minimum atomic E-state index is -3.70. The highest BCUT2D eigenvalue weighted by atomic mass is 35.5. The summed E-state index contributed by atoms with van der Waals surface area (Å²) >= 11 is 7.33. The van der Waals surface area contributed by atoms with Crippen LogP contribution in [0.15, 0.2) is 41.3 Å². The molecule has 0 bridgehead atoms. The van der Waals surface area contributed by atoms with E-state index in [1.54, 1.807) is 0 Å². The van der Waals surface area contributed by atoms with Gasteiger partial charge in [0.25, 0.3) is 5.91 Å². The van der Waals surface area contributed by atoms with E-state index in [1.165, 1.54) is 57.6 Å². The van der Waals surface area contributed by atoms with Gasteiger partial charge < -0.3 is 10.1 Å². The van der Waals surface area contributed by atoms with Crippen molar-refractivity contribution in [1.29, 1.82) is 0 Å². The summed E-state index contributed by atoms with van der Waals surface area (Å²) in [4.78, 5) is 12.9. The molecule has 148 valence electrons. The molecule has 0 aliphatic heterocycles. The summed E-state index contributed by atoms with van der Waals surface area (Å²) in [5.74, 6) is -0.695. The maximum atomic E-state index is 13.4. The number of hydrogen-bond donors (Lipinski definition) is 1. The lowest BCUT2D eigenvalue weighted by atomic mass is 10.2. The van der Waals surface area contributed by atoms with Crippen LogP contribution in [0.2, 0.25) is 5.02 Å². The van der Waals surface area contributed by atoms with Crippen LogP contribution in [0.25, 0.3) is 10.1 Å². The molecule has 28 heavy (non-hydrogen) atoms. The van der Waals surface area contributed by atoms with E-state index in [9.17, 15) is 17.6 Å². The number of nitrogens with one attached hydrogen (secondary N) is 1. The van der Waals surface area contributed by atoms with E-state index in [1.807, 2.05) is 0 Å². The Morgan fingerprint density at radius 3 is 2.57 bits per heavy atom. The van der Waals surface area contributed by atoms with Crippen molar-refractivity contribution in [2.45, 2.75) is 4.90 Å². The summed E-state index contributed by atoms with van der Waals surface area (Å²) in [6.45, 7) is 0. The number of amides is 1. The van der Waals surface area contributed by atoms with Gasteiger partial charge in [-0.05, 0) is 36.4 Å². The van der Waals surface area contributed by atoms with Crippen molar-refractivity contribution in [3.63, 3.8) is 0 Å². The molecule has 10 heteroatoms. The predicted octanol–water partition coefficient (Wildman–Crippen LogP) is 4.21. The number of benzene rings is 2. The highest BCUT2D eigenvalue weighted by Gasteiger charge is 2.22. The van der Waals surface area contributed by atoms with Crippen LogP contribution >= 0.6 is 22.9 Å². The minimum absolute atomic E-state index is 0.00175. The van der Waals surface area contributed by atoms with Gasteiger partial charge in [0.15, 0.2) is 0 Å². The summed E-state index contributed by atoms with van der Waals surface area (Å²) in [7, 11) is 0.527. The summed E-state index contributed by atoms with van der Waals surface area (Å²) in [6, 6.07) is 8.22. The zero-order valence-corrected chi connectivity index (χ0v) is 17.5. The SMILES string of the molecule is COc1ccc(S(=O)(=O)N(C)C)cc1NC(=O)c1sc2cc(F)ccc2c1Cl. The molecule has 1 heterocycles. The largest absolute Gasteiger partial charge is 0.495 e. The van der Waals surface area contributed by atoms with Gasteiger partial charge in [-0.25, -0.2) is 17.1 Å². The normalized spacial score (nSPS) is 11.8. The van der Waals surface area contributed by atoms with Crippen LogP contribution < -0.4 is 10.1 Å². The van der Waals surface area contributed by atoms with Crippen molar-refractivity contribution in [1.82, 2.24) is 4.31 Å². The number of sulfonamides is 1. The highest BCUT2D eigenvalue weighted by molar-refractivity contribution is 7.89. The second-order valence-corrected chi connectivity index (χ2v) is 9.57. The van der Waals surface area contributed by atoms with Gasteiger partial charge in [0.05, 0.1) is 22.7 Å². The maximum absolute atomic E-state index is 13.4. The topological polar surface area (TPSA) is 75.7 Å². The molecule has 3 rings (SSSR count). The Balaban J connectivity index is 2.01. The van der Waals surface area contributed by atoms with Crippen LogP contribution in [0.3, 0.4) is 0 Å². The molecule has 0 atom stereocenters. The molecule has 0 fully saturated rings. The van der Waals surface area contributed by atoms with Gasteiger partial charge in [0, 0.05) is 24.2 Å². The number of hydrogen-bond acceptors (Lipinski definition) is 5. The molecular weight excluding hydrogens is 427 g/mol. The molecular formula is C18H16ClFN2O4S2. The fraction of sp³-hybridized carbons (Fsp3) is 0.167. The van der Waals surface area contributed by atoms with Crippen molar-refractivity contribution in [3.05, 3.63) is 52.1 Å². The Hall–Kier alpha value is -2.20. The third kappa shape index (κ3) is 3.70. The summed E-state index contributed by atoms with van der Waals surface area (Å²) in [6.07, 6.45) is 0. The average molecular weight is 443 g/mol. The third-order valence-corrected chi connectivity index (χ3v) is 7.46. The van der Waals surface area contributed by atoms with Crippen molar-refractivity contribution in [2.75, 3.05) is 26.5 Å². The number of halogens is 2. The number of ether oxygens (including phenoxy) is 1. The molecule has 0 radical (unpaired) electrons. The van der Waals surface area contributed by atoms with Gasteiger partial charge in [-0.2, -0.15) is 0 Å². The van der Waals surface area contributed by atoms with Crippen molar-refractivity contribution in [3.8, 4) is 5.75 Å². The molecule has 2 aromatic carbocycles. The van der Waals surface area contributed by atoms with Crippen LogP contribution in [0.4, 0.5) is 10.1 Å². The zero-order valence-electron chi connectivity index (χ0n) is 15.1. The number of thiophene rings is 1. The van der Waals surface area contributed by atoms with Crippen molar-refractivity contribution in [2.24, 2.45) is 0 Å². The molecule has 0 saturated carbocycles. The lowest BCUT2D eigenvalue weighted by molar-refractivity contribution is 0.103. The fourth-order valence-corrected chi connectivity index (χ4v) is 4.89.